The lowest BCUT2D eigenvalue weighted by Gasteiger charge is -2.42. The number of piperazine rings is 1. The van der Waals surface area contributed by atoms with Crippen molar-refractivity contribution in [1.29, 1.82) is 0 Å². The molecule has 2 saturated heterocycles. The molecule has 2 heterocycles. The Kier molecular flexibility index (Phi) is 3.14. The molecule has 16 heavy (non-hydrogen) atoms. The SMILES string of the molecule is CC1NC(=O)C(C)N(C2CCCOC2)C1=O. The second-order valence-corrected chi connectivity index (χ2v) is 4.52. The van der Waals surface area contributed by atoms with Crippen molar-refractivity contribution in [3.8, 4) is 0 Å². The van der Waals surface area contributed by atoms with Crippen molar-refractivity contribution < 1.29 is 14.3 Å². The molecule has 2 amide bonds. The molecule has 0 aromatic rings. The Morgan fingerprint density at radius 1 is 1.38 bits per heavy atom. The van der Waals surface area contributed by atoms with Gasteiger partial charge in [0.25, 0.3) is 0 Å². The number of nitrogens with one attached hydrogen (secondary N) is 1. The van der Waals surface area contributed by atoms with Crippen molar-refractivity contribution in [2.24, 2.45) is 0 Å². The van der Waals surface area contributed by atoms with Crippen molar-refractivity contribution in [3.63, 3.8) is 0 Å². The Hall–Kier alpha value is -1.10. The van der Waals surface area contributed by atoms with Gasteiger partial charge in [-0.2, -0.15) is 0 Å². The topological polar surface area (TPSA) is 58.6 Å². The van der Waals surface area contributed by atoms with Gasteiger partial charge in [-0.15, -0.1) is 0 Å². The molecule has 1 N–H and O–H groups in total. The molecule has 90 valence electrons. The fourth-order valence-electron chi connectivity index (χ4n) is 2.38. The van der Waals surface area contributed by atoms with Crippen molar-refractivity contribution in [2.45, 2.75) is 44.8 Å². The van der Waals surface area contributed by atoms with Gasteiger partial charge in [-0.25, -0.2) is 0 Å². The second-order valence-electron chi connectivity index (χ2n) is 4.52. The molecule has 0 aromatic carbocycles. The van der Waals surface area contributed by atoms with Gasteiger partial charge in [0, 0.05) is 6.61 Å². The number of carbonyl (C=O) groups excluding carboxylic acids is 2. The number of amides is 2. The molecule has 0 bridgehead atoms. The van der Waals surface area contributed by atoms with Crippen LogP contribution in [0.25, 0.3) is 0 Å². The standard InChI is InChI=1S/C11H18N2O3/c1-7-11(15)13(8(2)10(14)12-7)9-4-3-5-16-6-9/h7-9H,3-6H2,1-2H3,(H,12,14). The van der Waals surface area contributed by atoms with E-state index in [9.17, 15) is 9.59 Å². The minimum absolute atomic E-state index is 0.00241. The zero-order chi connectivity index (χ0) is 11.7. The quantitative estimate of drug-likeness (QED) is 0.679. The molecular weight excluding hydrogens is 208 g/mol. The molecular formula is C11H18N2O3. The maximum absolute atomic E-state index is 12.0. The highest BCUT2D eigenvalue weighted by Gasteiger charge is 2.40. The van der Waals surface area contributed by atoms with Gasteiger partial charge in [-0.05, 0) is 26.7 Å². The minimum Gasteiger partial charge on any atom is -0.379 e. The molecule has 0 radical (unpaired) electrons. The average molecular weight is 226 g/mol. The van der Waals surface area contributed by atoms with Crippen molar-refractivity contribution in [2.75, 3.05) is 13.2 Å². The summed E-state index contributed by atoms with van der Waals surface area (Å²) < 4.78 is 5.38. The Morgan fingerprint density at radius 3 is 2.75 bits per heavy atom. The molecule has 2 fully saturated rings. The predicted molar refractivity (Wildman–Crippen MR) is 57.8 cm³/mol. The fourth-order valence-corrected chi connectivity index (χ4v) is 2.38. The molecule has 5 heteroatoms. The van der Waals surface area contributed by atoms with Crippen LogP contribution in [0.15, 0.2) is 0 Å². The number of hydrogen-bond acceptors (Lipinski definition) is 3. The van der Waals surface area contributed by atoms with E-state index in [1.54, 1.807) is 18.7 Å². The molecule has 2 aliphatic rings. The van der Waals surface area contributed by atoms with Crippen LogP contribution in [0.3, 0.4) is 0 Å². The largest absolute Gasteiger partial charge is 0.379 e. The van der Waals surface area contributed by atoms with Gasteiger partial charge >= 0.3 is 0 Å². The number of ether oxygens (including phenoxy) is 1. The van der Waals surface area contributed by atoms with E-state index in [1.165, 1.54) is 0 Å². The van der Waals surface area contributed by atoms with Crippen LogP contribution < -0.4 is 5.32 Å². The maximum atomic E-state index is 12.0. The van der Waals surface area contributed by atoms with E-state index >= 15 is 0 Å². The van der Waals surface area contributed by atoms with Gasteiger partial charge in [-0.1, -0.05) is 0 Å². The monoisotopic (exact) mass is 226 g/mol. The van der Waals surface area contributed by atoms with Crippen LogP contribution in [0.4, 0.5) is 0 Å². The van der Waals surface area contributed by atoms with Crippen LogP contribution in [0.5, 0.6) is 0 Å². The zero-order valence-corrected chi connectivity index (χ0v) is 9.73. The van der Waals surface area contributed by atoms with E-state index in [-0.39, 0.29) is 23.9 Å². The molecule has 2 rings (SSSR count). The average Bonchev–Trinajstić information content (AvgIpc) is 2.28. The molecule has 3 atom stereocenters. The first-order valence-corrected chi connectivity index (χ1v) is 5.81. The summed E-state index contributed by atoms with van der Waals surface area (Å²) in [7, 11) is 0. The summed E-state index contributed by atoms with van der Waals surface area (Å²) in [6, 6.07) is -0.731. The van der Waals surface area contributed by atoms with Crippen LogP contribution in [-0.2, 0) is 14.3 Å². The van der Waals surface area contributed by atoms with Gasteiger partial charge in [0.05, 0.1) is 12.6 Å². The fraction of sp³-hybridized carbons (Fsp3) is 0.818. The molecule has 0 aromatic heterocycles. The zero-order valence-electron chi connectivity index (χ0n) is 9.73. The Morgan fingerprint density at radius 2 is 2.12 bits per heavy atom. The summed E-state index contributed by atoms with van der Waals surface area (Å²) in [5.41, 5.74) is 0. The van der Waals surface area contributed by atoms with Crippen molar-refractivity contribution in [3.05, 3.63) is 0 Å². The first-order valence-electron chi connectivity index (χ1n) is 5.81. The van der Waals surface area contributed by atoms with Crippen LogP contribution in [0.2, 0.25) is 0 Å². The summed E-state index contributed by atoms with van der Waals surface area (Å²) >= 11 is 0. The smallest absolute Gasteiger partial charge is 0.245 e. The van der Waals surface area contributed by atoms with Crippen molar-refractivity contribution in [1.82, 2.24) is 10.2 Å². The number of carbonyl (C=O) groups is 2. The third kappa shape index (κ3) is 1.91. The second kappa shape index (κ2) is 4.41. The Labute approximate surface area is 95.1 Å². The van der Waals surface area contributed by atoms with Gasteiger partial charge < -0.3 is 15.0 Å². The lowest BCUT2D eigenvalue weighted by atomic mass is 10.0. The highest BCUT2D eigenvalue weighted by molar-refractivity contribution is 5.96. The van der Waals surface area contributed by atoms with Crippen LogP contribution in [0, 0.1) is 0 Å². The first kappa shape index (κ1) is 11.4. The predicted octanol–water partition coefficient (Wildman–Crippen LogP) is -0.0992. The number of nitrogens with zero attached hydrogens (tertiary/aromatic N) is 1. The summed E-state index contributed by atoms with van der Waals surface area (Å²) in [4.78, 5) is 25.4. The molecule has 2 aliphatic heterocycles. The summed E-state index contributed by atoms with van der Waals surface area (Å²) in [6.07, 6.45) is 1.88. The number of hydrogen-bond donors (Lipinski definition) is 1. The van der Waals surface area contributed by atoms with Crippen molar-refractivity contribution >= 4 is 11.8 Å². The molecule has 5 nitrogen and oxygen atoms in total. The summed E-state index contributed by atoms with van der Waals surface area (Å²) in [6.45, 7) is 4.81. The molecule has 3 unspecified atom stereocenters. The lowest BCUT2D eigenvalue weighted by Crippen LogP contribution is -2.65. The Bertz CT molecular complexity index is 300. The molecule has 0 spiro atoms. The Balaban J connectivity index is 2.14. The highest BCUT2D eigenvalue weighted by Crippen LogP contribution is 2.20. The summed E-state index contributed by atoms with van der Waals surface area (Å²) in [5, 5.41) is 2.68. The van der Waals surface area contributed by atoms with Gasteiger partial charge in [0.2, 0.25) is 11.8 Å². The van der Waals surface area contributed by atoms with Gasteiger partial charge in [0.1, 0.15) is 12.1 Å². The van der Waals surface area contributed by atoms with E-state index in [0.717, 1.165) is 19.4 Å². The van der Waals surface area contributed by atoms with Crippen LogP contribution in [0.1, 0.15) is 26.7 Å². The summed E-state index contributed by atoms with van der Waals surface area (Å²) in [5.74, 6) is -0.0692. The maximum Gasteiger partial charge on any atom is 0.245 e. The first-order chi connectivity index (χ1) is 7.61. The van der Waals surface area contributed by atoms with E-state index < -0.39 is 6.04 Å². The third-order valence-electron chi connectivity index (χ3n) is 3.31. The van der Waals surface area contributed by atoms with Crippen LogP contribution in [-0.4, -0.2) is 48.1 Å². The highest BCUT2D eigenvalue weighted by atomic mass is 16.5. The normalized spacial score (nSPS) is 36.1. The number of rotatable bonds is 1. The van der Waals surface area contributed by atoms with E-state index in [2.05, 4.69) is 5.32 Å². The third-order valence-corrected chi connectivity index (χ3v) is 3.31. The molecule has 0 aliphatic carbocycles. The molecule has 0 saturated carbocycles. The lowest BCUT2D eigenvalue weighted by molar-refractivity contribution is -0.153. The van der Waals surface area contributed by atoms with Gasteiger partial charge in [-0.3, -0.25) is 9.59 Å². The van der Waals surface area contributed by atoms with E-state index in [0.29, 0.717) is 6.61 Å². The van der Waals surface area contributed by atoms with E-state index in [4.69, 9.17) is 4.74 Å². The van der Waals surface area contributed by atoms with Gasteiger partial charge in [0.15, 0.2) is 0 Å². The van der Waals surface area contributed by atoms with Crippen LogP contribution >= 0.6 is 0 Å². The minimum atomic E-state index is -0.411. The van der Waals surface area contributed by atoms with E-state index in [1.807, 2.05) is 0 Å².